The Kier molecular flexibility index (Phi) is 5.70. The fourth-order valence-electron chi connectivity index (χ4n) is 3.02. The number of hydrogen-bond donors (Lipinski definition) is 1. The fourth-order valence-corrected chi connectivity index (χ4v) is 3.02. The summed E-state index contributed by atoms with van der Waals surface area (Å²) in [5.74, 6) is 0.734. The predicted molar refractivity (Wildman–Crippen MR) is 95.1 cm³/mol. The van der Waals surface area contributed by atoms with Crippen LogP contribution in [-0.2, 0) is 24.1 Å². The minimum Gasteiger partial charge on any atom is -0.489 e. The van der Waals surface area contributed by atoms with Gasteiger partial charge in [-0.3, -0.25) is 9.69 Å². The van der Waals surface area contributed by atoms with Gasteiger partial charge in [-0.15, -0.1) is 0 Å². The maximum absolute atomic E-state index is 12.7. The molecule has 1 amide bonds. The standard InChI is InChI=1S/C20H21F3N2O2/c1-24-19(26)16-11-25(12-16)10-14-5-7-18(8-6-14)27-13-15-3-2-4-17(9-15)20(21,22)23/h2-9,16H,10-13H2,1H3,(H,24,26). The Morgan fingerprint density at radius 1 is 1.15 bits per heavy atom. The van der Waals surface area contributed by atoms with E-state index in [2.05, 4.69) is 10.2 Å². The third kappa shape index (κ3) is 5.01. The summed E-state index contributed by atoms with van der Waals surface area (Å²) in [5, 5.41) is 2.65. The smallest absolute Gasteiger partial charge is 0.416 e. The van der Waals surface area contributed by atoms with Crippen LogP contribution in [0.5, 0.6) is 5.75 Å². The zero-order chi connectivity index (χ0) is 19.4. The molecule has 0 atom stereocenters. The van der Waals surface area contributed by atoms with Crippen molar-refractivity contribution in [3.8, 4) is 5.75 Å². The molecule has 1 aliphatic rings. The van der Waals surface area contributed by atoms with E-state index in [1.165, 1.54) is 6.07 Å². The quantitative estimate of drug-likeness (QED) is 0.837. The lowest BCUT2D eigenvalue weighted by Gasteiger charge is -2.38. The van der Waals surface area contributed by atoms with Crippen LogP contribution in [0.2, 0.25) is 0 Å². The second-order valence-electron chi connectivity index (χ2n) is 6.64. The number of carbonyl (C=O) groups is 1. The SMILES string of the molecule is CNC(=O)C1CN(Cc2ccc(OCc3cccc(C(F)(F)F)c3)cc2)C1. The van der Waals surface area contributed by atoms with Gasteiger partial charge < -0.3 is 10.1 Å². The molecular weight excluding hydrogens is 357 g/mol. The molecule has 0 aliphatic carbocycles. The summed E-state index contributed by atoms with van der Waals surface area (Å²) in [5.41, 5.74) is 0.884. The van der Waals surface area contributed by atoms with Crippen molar-refractivity contribution in [1.82, 2.24) is 10.2 Å². The summed E-state index contributed by atoms with van der Waals surface area (Å²) in [6, 6.07) is 12.6. The van der Waals surface area contributed by atoms with E-state index in [9.17, 15) is 18.0 Å². The van der Waals surface area contributed by atoms with E-state index in [1.807, 2.05) is 12.1 Å². The first-order valence-corrected chi connectivity index (χ1v) is 8.67. The molecule has 1 N–H and O–H groups in total. The van der Waals surface area contributed by atoms with Gasteiger partial charge in [-0.1, -0.05) is 24.3 Å². The molecular formula is C20H21F3N2O2. The highest BCUT2D eigenvalue weighted by Gasteiger charge is 2.32. The van der Waals surface area contributed by atoms with Gasteiger partial charge in [0.2, 0.25) is 5.91 Å². The Morgan fingerprint density at radius 3 is 2.48 bits per heavy atom. The minimum absolute atomic E-state index is 0.0602. The van der Waals surface area contributed by atoms with Crippen molar-refractivity contribution in [2.75, 3.05) is 20.1 Å². The van der Waals surface area contributed by atoms with E-state index in [-0.39, 0.29) is 18.4 Å². The number of benzene rings is 2. The number of ether oxygens (including phenoxy) is 1. The minimum atomic E-state index is -4.36. The molecule has 0 radical (unpaired) electrons. The van der Waals surface area contributed by atoms with Crippen LogP contribution in [0.15, 0.2) is 48.5 Å². The van der Waals surface area contributed by atoms with Crippen LogP contribution in [0, 0.1) is 5.92 Å². The number of hydrogen-bond acceptors (Lipinski definition) is 3. The number of halogens is 3. The third-order valence-corrected chi connectivity index (χ3v) is 4.56. The van der Waals surface area contributed by atoms with E-state index in [0.29, 0.717) is 11.3 Å². The zero-order valence-corrected chi connectivity index (χ0v) is 14.9. The third-order valence-electron chi connectivity index (χ3n) is 4.56. The second-order valence-corrected chi connectivity index (χ2v) is 6.64. The molecule has 7 heteroatoms. The topological polar surface area (TPSA) is 41.6 Å². The number of rotatable bonds is 6. The zero-order valence-electron chi connectivity index (χ0n) is 14.9. The molecule has 4 nitrogen and oxygen atoms in total. The van der Waals surface area contributed by atoms with Gasteiger partial charge in [-0.25, -0.2) is 0 Å². The summed E-state index contributed by atoms with van der Waals surface area (Å²) in [7, 11) is 1.64. The lowest BCUT2D eigenvalue weighted by molar-refractivity contribution is -0.137. The Hall–Kier alpha value is -2.54. The maximum Gasteiger partial charge on any atom is 0.416 e. The van der Waals surface area contributed by atoms with Crippen molar-refractivity contribution >= 4 is 5.91 Å². The number of alkyl halides is 3. The van der Waals surface area contributed by atoms with E-state index >= 15 is 0 Å². The first-order valence-electron chi connectivity index (χ1n) is 8.67. The molecule has 0 bridgehead atoms. The average molecular weight is 378 g/mol. The maximum atomic E-state index is 12.7. The van der Waals surface area contributed by atoms with Crippen molar-refractivity contribution in [3.63, 3.8) is 0 Å². The van der Waals surface area contributed by atoms with E-state index in [1.54, 1.807) is 25.2 Å². The second kappa shape index (κ2) is 8.00. The highest BCUT2D eigenvalue weighted by Crippen LogP contribution is 2.29. The summed E-state index contributed by atoms with van der Waals surface area (Å²) < 4.78 is 43.8. The molecule has 0 saturated carbocycles. The molecule has 0 aromatic heterocycles. The van der Waals surface area contributed by atoms with Gasteiger partial charge in [-0.2, -0.15) is 13.2 Å². The monoisotopic (exact) mass is 378 g/mol. The van der Waals surface area contributed by atoms with Crippen LogP contribution < -0.4 is 10.1 Å². The van der Waals surface area contributed by atoms with Gasteiger partial charge in [0.1, 0.15) is 12.4 Å². The molecule has 0 spiro atoms. The summed E-state index contributed by atoms with van der Waals surface area (Å²) in [6.07, 6.45) is -4.36. The Balaban J connectivity index is 1.49. The van der Waals surface area contributed by atoms with Crippen LogP contribution in [0.3, 0.4) is 0 Å². The van der Waals surface area contributed by atoms with Crippen molar-refractivity contribution in [3.05, 3.63) is 65.2 Å². The van der Waals surface area contributed by atoms with Gasteiger partial charge in [0, 0.05) is 26.7 Å². The van der Waals surface area contributed by atoms with Crippen LogP contribution >= 0.6 is 0 Å². The Morgan fingerprint density at radius 2 is 1.85 bits per heavy atom. The van der Waals surface area contributed by atoms with Gasteiger partial charge in [0.05, 0.1) is 11.5 Å². The first kappa shape index (κ1) is 19.2. The fraction of sp³-hybridized carbons (Fsp3) is 0.350. The van der Waals surface area contributed by atoms with Gasteiger partial charge in [-0.05, 0) is 35.4 Å². The summed E-state index contributed by atoms with van der Waals surface area (Å²) in [6.45, 7) is 2.31. The molecule has 1 saturated heterocycles. The average Bonchev–Trinajstić information content (AvgIpc) is 2.62. The van der Waals surface area contributed by atoms with Crippen LogP contribution in [0.4, 0.5) is 13.2 Å². The van der Waals surface area contributed by atoms with Crippen molar-refractivity contribution in [2.24, 2.45) is 5.92 Å². The number of carbonyl (C=O) groups excluding carboxylic acids is 1. The molecule has 144 valence electrons. The number of nitrogens with zero attached hydrogens (tertiary/aromatic N) is 1. The highest BCUT2D eigenvalue weighted by atomic mass is 19.4. The molecule has 1 fully saturated rings. The van der Waals surface area contributed by atoms with Gasteiger partial charge in [0.15, 0.2) is 0 Å². The molecule has 1 aliphatic heterocycles. The van der Waals surface area contributed by atoms with Crippen molar-refractivity contribution in [1.29, 1.82) is 0 Å². The van der Waals surface area contributed by atoms with Crippen LogP contribution in [0.1, 0.15) is 16.7 Å². The molecule has 27 heavy (non-hydrogen) atoms. The summed E-state index contributed by atoms with van der Waals surface area (Å²) in [4.78, 5) is 13.7. The van der Waals surface area contributed by atoms with Crippen molar-refractivity contribution < 1.29 is 22.7 Å². The van der Waals surface area contributed by atoms with E-state index in [4.69, 9.17) is 4.74 Å². The number of nitrogens with one attached hydrogen (secondary N) is 1. The molecule has 2 aromatic carbocycles. The summed E-state index contributed by atoms with van der Waals surface area (Å²) >= 11 is 0. The molecule has 1 heterocycles. The van der Waals surface area contributed by atoms with Crippen molar-refractivity contribution in [2.45, 2.75) is 19.3 Å². The molecule has 3 rings (SSSR count). The molecule has 2 aromatic rings. The highest BCUT2D eigenvalue weighted by molar-refractivity contribution is 5.79. The first-order chi connectivity index (χ1) is 12.8. The van der Waals surface area contributed by atoms with Gasteiger partial charge >= 0.3 is 6.18 Å². The van der Waals surface area contributed by atoms with Gasteiger partial charge in [0.25, 0.3) is 0 Å². The van der Waals surface area contributed by atoms with Crippen LogP contribution in [-0.4, -0.2) is 30.9 Å². The number of amides is 1. The number of likely N-dealkylation sites (tertiary alicyclic amines) is 1. The van der Waals surface area contributed by atoms with Crippen LogP contribution in [0.25, 0.3) is 0 Å². The van der Waals surface area contributed by atoms with E-state index in [0.717, 1.165) is 37.3 Å². The lowest BCUT2D eigenvalue weighted by Crippen LogP contribution is -2.52. The Bertz CT molecular complexity index is 785. The Labute approximate surface area is 155 Å². The molecule has 0 unspecified atom stereocenters. The van der Waals surface area contributed by atoms with E-state index < -0.39 is 11.7 Å². The largest absolute Gasteiger partial charge is 0.489 e. The lowest BCUT2D eigenvalue weighted by atomic mass is 9.98. The normalized spacial score (nSPS) is 15.3. The predicted octanol–water partition coefficient (Wildman–Crippen LogP) is 3.46.